The third kappa shape index (κ3) is 2.65. The van der Waals surface area contributed by atoms with Gasteiger partial charge in [0.05, 0.1) is 0 Å². The van der Waals surface area contributed by atoms with Gasteiger partial charge in [0, 0.05) is 17.5 Å². The van der Waals surface area contributed by atoms with Crippen LogP contribution in [0.25, 0.3) is 0 Å². The Morgan fingerprint density at radius 1 is 1.00 bits per heavy atom. The molecule has 0 fully saturated rings. The molecule has 0 aliphatic heterocycles. The van der Waals surface area contributed by atoms with E-state index in [1.54, 1.807) is 6.20 Å². The molecule has 0 spiro atoms. The van der Waals surface area contributed by atoms with Crippen LogP contribution < -0.4 is 0 Å². The largest absolute Gasteiger partial charge is 0.229 e. The molecule has 2 nitrogen and oxygen atoms in total. The van der Waals surface area contributed by atoms with Crippen molar-refractivity contribution in [3.63, 3.8) is 0 Å². The minimum atomic E-state index is 0.568. The highest BCUT2D eigenvalue weighted by molar-refractivity contribution is 5.37. The molecule has 0 amide bonds. The number of benzene rings is 1. The lowest BCUT2D eigenvalue weighted by molar-refractivity contribution is 1.07. The molecule has 0 saturated heterocycles. The molecule has 0 aliphatic carbocycles. The molecule has 1 aromatic carbocycles. The molecular weight excluding hydrogens is 184 g/mol. The van der Waals surface area contributed by atoms with Gasteiger partial charge in [-0.2, -0.15) is 0 Å². The summed E-state index contributed by atoms with van der Waals surface area (Å²) in [7, 11) is 0. The molecule has 1 heterocycles. The first-order chi connectivity index (χ1) is 7.34. The number of aryl methyl sites for hydroxylation is 1. The SMILES string of the molecule is Cc1ccnc(C#Cc2ccccc2)n1. The fraction of sp³-hybridized carbons (Fsp3) is 0.0769. The van der Waals surface area contributed by atoms with E-state index in [1.165, 1.54) is 0 Å². The highest BCUT2D eigenvalue weighted by Gasteiger charge is 1.89. The van der Waals surface area contributed by atoms with Gasteiger partial charge >= 0.3 is 0 Å². The lowest BCUT2D eigenvalue weighted by Gasteiger charge is -1.90. The van der Waals surface area contributed by atoms with Crippen molar-refractivity contribution in [1.29, 1.82) is 0 Å². The highest BCUT2D eigenvalue weighted by Crippen LogP contribution is 1.96. The van der Waals surface area contributed by atoms with Gasteiger partial charge in [0.25, 0.3) is 0 Å². The predicted octanol–water partition coefficient (Wildman–Crippen LogP) is 2.18. The van der Waals surface area contributed by atoms with E-state index in [9.17, 15) is 0 Å². The van der Waals surface area contributed by atoms with Crippen LogP contribution >= 0.6 is 0 Å². The van der Waals surface area contributed by atoms with Gasteiger partial charge in [-0.05, 0) is 31.0 Å². The number of nitrogens with zero attached hydrogens (tertiary/aromatic N) is 2. The topological polar surface area (TPSA) is 25.8 Å². The summed E-state index contributed by atoms with van der Waals surface area (Å²) in [5.41, 5.74) is 1.91. The molecule has 2 heteroatoms. The molecule has 0 atom stereocenters. The molecule has 0 bridgehead atoms. The van der Waals surface area contributed by atoms with Gasteiger partial charge in [-0.3, -0.25) is 0 Å². The lowest BCUT2D eigenvalue weighted by Crippen LogP contribution is -1.89. The van der Waals surface area contributed by atoms with Gasteiger partial charge in [0.1, 0.15) is 0 Å². The molecule has 0 saturated carbocycles. The van der Waals surface area contributed by atoms with E-state index in [0.29, 0.717) is 5.82 Å². The van der Waals surface area contributed by atoms with Gasteiger partial charge in [-0.15, -0.1) is 0 Å². The van der Waals surface area contributed by atoms with Crippen LogP contribution in [0.3, 0.4) is 0 Å². The smallest absolute Gasteiger partial charge is 0.205 e. The maximum atomic E-state index is 4.20. The summed E-state index contributed by atoms with van der Waals surface area (Å²) in [4.78, 5) is 8.27. The zero-order chi connectivity index (χ0) is 10.5. The number of hydrogen-bond donors (Lipinski definition) is 0. The van der Waals surface area contributed by atoms with Crippen molar-refractivity contribution in [2.45, 2.75) is 6.92 Å². The molecule has 0 unspecified atom stereocenters. The second-order valence-electron chi connectivity index (χ2n) is 3.14. The van der Waals surface area contributed by atoms with Crippen molar-refractivity contribution in [2.24, 2.45) is 0 Å². The normalized spacial score (nSPS) is 9.13. The van der Waals surface area contributed by atoms with Crippen LogP contribution in [-0.2, 0) is 0 Å². The third-order valence-corrected chi connectivity index (χ3v) is 1.89. The van der Waals surface area contributed by atoms with Crippen LogP contribution in [-0.4, -0.2) is 9.97 Å². The Kier molecular flexibility index (Phi) is 2.75. The fourth-order valence-electron chi connectivity index (χ4n) is 1.16. The molecule has 0 radical (unpaired) electrons. The number of aromatic nitrogens is 2. The second-order valence-corrected chi connectivity index (χ2v) is 3.14. The van der Waals surface area contributed by atoms with E-state index < -0.39 is 0 Å². The Labute approximate surface area is 89.0 Å². The minimum Gasteiger partial charge on any atom is -0.229 e. The first kappa shape index (κ1) is 9.42. The Balaban J connectivity index is 2.26. The van der Waals surface area contributed by atoms with Crippen molar-refractivity contribution >= 4 is 0 Å². The van der Waals surface area contributed by atoms with E-state index in [4.69, 9.17) is 0 Å². The maximum absolute atomic E-state index is 4.20. The summed E-state index contributed by atoms with van der Waals surface area (Å²) in [5, 5.41) is 0. The van der Waals surface area contributed by atoms with Crippen LogP contribution in [0, 0.1) is 18.8 Å². The average Bonchev–Trinajstić information content (AvgIpc) is 2.28. The van der Waals surface area contributed by atoms with Gasteiger partial charge in [-0.1, -0.05) is 24.1 Å². The van der Waals surface area contributed by atoms with Crippen molar-refractivity contribution in [2.75, 3.05) is 0 Å². The van der Waals surface area contributed by atoms with E-state index in [1.807, 2.05) is 43.3 Å². The van der Waals surface area contributed by atoms with E-state index in [2.05, 4.69) is 21.8 Å². The van der Waals surface area contributed by atoms with E-state index in [0.717, 1.165) is 11.3 Å². The van der Waals surface area contributed by atoms with Gasteiger partial charge in [-0.25, -0.2) is 9.97 Å². The zero-order valence-corrected chi connectivity index (χ0v) is 8.44. The molecule has 0 aliphatic rings. The third-order valence-electron chi connectivity index (χ3n) is 1.89. The van der Waals surface area contributed by atoms with Crippen molar-refractivity contribution in [1.82, 2.24) is 9.97 Å². The Morgan fingerprint density at radius 3 is 2.53 bits per heavy atom. The molecule has 0 N–H and O–H groups in total. The Morgan fingerprint density at radius 2 is 1.80 bits per heavy atom. The summed E-state index contributed by atoms with van der Waals surface area (Å²) in [6.07, 6.45) is 1.72. The van der Waals surface area contributed by atoms with Crippen LogP contribution in [0.4, 0.5) is 0 Å². The molecule has 2 rings (SSSR count). The zero-order valence-electron chi connectivity index (χ0n) is 8.44. The summed E-state index contributed by atoms with van der Waals surface area (Å²) < 4.78 is 0. The highest BCUT2D eigenvalue weighted by atomic mass is 14.9. The van der Waals surface area contributed by atoms with Gasteiger partial charge in [0.2, 0.25) is 5.82 Å². The molecule has 72 valence electrons. The Bertz CT molecular complexity index is 507. The molecule has 2 aromatic rings. The van der Waals surface area contributed by atoms with Gasteiger partial charge < -0.3 is 0 Å². The van der Waals surface area contributed by atoms with Crippen molar-refractivity contribution in [3.8, 4) is 11.8 Å². The summed E-state index contributed by atoms with van der Waals surface area (Å²) in [6, 6.07) is 11.7. The predicted molar refractivity (Wildman–Crippen MR) is 59.2 cm³/mol. The fourth-order valence-corrected chi connectivity index (χ4v) is 1.16. The maximum Gasteiger partial charge on any atom is 0.205 e. The summed E-state index contributed by atoms with van der Waals surface area (Å²) in [6.45, 7) is 1.93. The lowest BCUT2D eigenvalue weighted by atomic mass is 10.2. The van der Waals surface area contributed by atoms with Crippen LogP contribution in [0.2, 0.25) is 0 Å². The molecular formula is C13H10N2. The first-order valence-electron chi connectivity index (χ1n) is 4.71. The van der Waals surface area contributed by atoms with Crippen LogP contribution in [0.1, 0.15) is 17.1 Å². The van der Waals surface area contributed by atoms with E-state index >= 15 is 0 Å². The summed E-state index contributed by atoms with van der Waals surface area (Å²) >= 11 is 0. The average molecular weight is 194 g/mol. The monoisotopic (exact) mass is 194 g/mol. The van der Waals surface area contributed by atoms with E-state index in [-0.39, 0.29) is 0 Å². The number of hydrogen-bond acceptors (Lipinski definition) is 2. The second kappa shape index (κ2) is 4.39. The number of rotatable bonds is 0. The summed E-state index contributed by atoms with van der Waals surface area (Å²) in [5.74, 6) is 6.51. The van der Waals surface area contributed by atoms with Crippen molar-refractivity contribution in [3.05, 3.63) is 59.7 Å². The minimum absolute atomic E-state index is 0.568. The molecule has 15 heavy (non-hydrogen) atoms. The van der Waals surface area contributed by atoms with Crippen molar-refractivity contribution < 1.29 is 0 Å². The van der Waals surface area contributed by atoms with Gasteiger partial charge in [0.15, 0.2) is 0 Å². The van der Waals surface area contributed by atoms with Crippen LogP contribution in [0.5, 0.6) is 0 Å². The quantitative estimate of drug-likeness (QED) is 0.601. The Hall–Kier alpha value is -2.14. The standard InChI is InChI=1S/C13H10N2/c1-11-9-10-14-13(15-11)8-7-12-5-3-2-4-6-12/h2-6,9-10H,1H3. The van der Waals surface area contributed by atoms with Crippen LogP contribution in [0.15, 0.2) is 42.6 Å². The molecule has 1 aromatic heterocycles. The first-order valence-corrected chi connectivity index (χ1v) is 4.71.